The average molecular weight is 441 g/mol. The predicted molar refractivity (Wildman–Crippen MR) is 107 cm³/mol. The zero-order valence-corrected chi connectivity index (χ0v) is 16.3. The lowest BCUT2D eigenvalue weighted by atomic mass is 9.96. The number of aromatic amines is 1. The number of anilines is 1. The highest BCUT2D eigenvalue weighted by Crippen LogP contribution is 2.34. The summed E-state index contributed by atoms with van der Waals surface area (Å²) in [6.45, 7) is 0.537. The molecule has 0 saturated heterocycles. The largest absolute Gasteiger partial charge is 0.478 e. The number of carboxylic acid groups (broad SMARTS) is 1. The zero-order chi connectivity index (χ0) is 19.7. The van der Waals surface area contributed by atoms with Crippen LogP contribution in [0.15, 0.2) is 59.3 Å². The van der Waals surface area contributed by atoms with Crippen molar-refractivity contribution in [3.63, 3.8) is 0 Å². The maximum Gasteiger partial charge on any atom is 0.335 e. The van der Waals surface area contributed by atoms with E-state index in [-0.39, 0.29) is 17.6 Å². The van der Waals surface area contributed by atoms with Gasteiger partial charge in [0.25, 0.3) is 0 Å². The SMILES string of the molecule is O=C(O)c1ccc(NC(=O)N2CCc3[nH]cnc3[C@H]2c2ccc(Br)cc2)cc1. The van der Waals surface area contributed by atoms with Crippen molar-refractivity contribution in [2.75, 3.05) is 11.9 Å². The third-order valence-electron chi connectivity index (χ3n) is 4.75. The molecule has 7 nitrogen and oxygen atoms in total. The van der Waals surface area contributed by atoms with Gasteiger partial charge in [-0.25, -0.2) is 14.6 Å². The monoisotopic (exact) mass is 440 g/mol. The van der Waals surface area contributed by atoms with Crippen molar-refractivity contribution in [1.82, 2.24) is 14.9 Å². The van der Waals surface area contributed by atoms with Crippen LogP contribution in [0, 0.1) is 0 Å². The van der Waals surface area contributed by atoms with E-state index in [0.29, 0.717) is 18.7 Å². The number of hydrogen-bond donors (Lipinski definition) is 3. The van der Waals surface area contributed by atoms with Gasteiger partial charge in [0.05, 0.1) is 17.6 Å². The van der Waals surface area contributed by atoms with Crippen LogP contribution in [0.5, 0.6) is 0 Å². The molecule has 1 aliphatic rings. The summed E-state index contributed by atoms with van der Waals surface area (Å²) in [7, 11) is 0. The van der Waals surface area contributed by atoms with E-state index in [9.17, 15) is 9.59 Å². The fourth-order valence-corrected chi connectivity index (χ4v) is 3.63. The molecular formula is C20H17BrN4O3. The van der Waals surface area contributed by atoms with Crippen LogP contribution >= 0.6 is 15.9 Å². The molecule has 142 valence electrons. The van der Waals surface area contributed by atoms with Crippen LogP contribution in [0.4, 0.5) is 10.5 Å². The fourth-order valence-electron chi connectivity index (χ4n) is 3.37. The normalized spacial score (nSPS) is 15.8. The van der Waals surface area contributed by atoms with Gasteiger partial charge < -0.3 is 20.3 Å². The molecular weight excluding hydrogens is 424 g/mol. The second-order valence-electron chi connectivity index (χ2n) is 6.48. The minimum Gasteiger partial charge on any atom is -0.478 e. The quantitative estimate of drug-likeness (QED) is 0.571. The number of fused-ring (bicyclic) bond motifs is 1. The van der Waals surface area contributed by atoms with Gasteiger partial charge >= 0.3 is 12.0 Å². The summed E-state index contributed by atoms with van der Waals surface area (Å²) >= 11 is 3.44. The van der Waals surface area contributed by atoms with E-state index in [0.717, 1.165) is 21.4 Å². The van der Waals surface area contributed by atoms with Crippen LogP contribution in [0.1, 0.15) is 33.4 Å². The summed E-state index contributed by atoms with van der Waals surface area (Å²) in [4.78, 5) is 33.4. The number of nitrogens with one attached hydrogen (secondary N) is 2. The van der Waals surface area contributed by atoms with E-state index >= 15 is 0 Å². The maximum absolute atomic E-state index is 13.0. The number of hydrogen-bond acceptors (Lipinski definition) is 3. The van der Waals surface area contributed by atoms with Gasteiger partial charge in [-0.05, 0) is 42.0 Å². The highest BCUT2D eigenvalue weighted by molar-refractivity contribution is 9.10. The summed E-state index contributed by atoms with van der Waals surface area (Å²) in [5.41, 5.74) is 3.54. The lowest BCUT2D eigenvalue weighted by Crippen LogP contribution is -2.43. The Bertz CT molecular complexity index is 1010. The third-order valence-corrected chi connectivity index (χ3v) is 5.28. The molecule has 0 bridgehead atoms. The Morgan fingerprint density at radius 2 is 1.86 bits per heavy atom. The number of benzene rings is 2. The number of imidazole rings is 1. The number of amides is 2. The lowest BCUT2D eigenvalue weighted by Gasteiger charge is -2.35. The predicted octanol–water partition coefficient (Wildman–Crippen LogP) is 4.05. The van der Waals surface area contributed by atoms with E-state index in [2.05, 4.69) is 31.2 Å². The minimum absolute atomic E-state index is 0.171. The maximum atomic E-state index is 13.0. The van der Waals surface area contributed by atoms with Crippen molar-refractivity contribution in [2.45, 2.75) is 12.5 Å². The van der Waals surface area contributed by atoms with Gasteiger partial charge in [0.15, 0.2) is 0 Å². The van der Waals surface area contributed by atoms with Crippen LogP contribution < -0.4 is 5.32 Å². The molecule has 3 aromatic rings. The first kappa shape index (κ1) is 18.2. The van der Waals surface area contributed by atoms with Gasteiger partial charge in [-0.2, -0.15) is 0 Å². The van der Waals surface area contributed by atoms with Crippen LogP contribution in [0.25, 0.3) is 0 Å². The fraction of sp³-hybridized carbons (Fsp3) is 0.150. The number of carbonyl (C=O) groups excluding carboxylic acids is 1. The first-order valence-electron chi connectivity index (χ1n) is 8.71. The Balaban J connectivity index is 1.62. The number of aromatic carboxylic acids is 1. The minimum atomic E-state index is -1.00. The van der Waals surface area contributed by atoms with Crippen molar-refractivity contribution in [1.29, 1.82) is 0 Å². The van der Waals surface area contributed by atoms with E-state index in [1.54, 1.807) is 23.4 Å². The first-order valence-corrected chi connectivity index (χ1v) is 9.51. The van der Waals surface area contributed by atoms with Gasteiger partial charge in [0, 0.05) is 28.8 Å². The highest BCUT2D eigenvalue weighted by atomic mass is 79.9. The second kappa shape index (κ2) is 7.47. The number of aromatic nitrogens is 2. The zero-order valence-electron chi connectivity index (χ0n) is 14.7. The Morgan fingerprint density at radius 1 is 1.14 bits per heavy atom. The molecule has 2 aromatic carbocycles. The number of halogens is 1. The molecule has 1 atom stereocenters. The topological polar surface area (TPSA) is 98.3 Å². The van der Waals surface area contributed by atoms with E-state index in [1.807, 2.05) is 24.3 Å². The number of nitrogens with zero attached hydrogens (tertiary/aromatic N) is 2. The Hall–Kier alpha value is -3.13. The van der Waals surface area contributed by atoms with E-state index in [4.69, 9.17) is 5.11 Å². The van der Waals surface area contributed by atoms with Crippen LogP contribution in [0.3, 0.4) is 0 Å². The summed E-state index contributed by atoms with van der Waals surface area (Å²) in [5.74, 6) is -1.00. The summed E-state index contributed by atoms with van der Waals surface area (Å²) in [6.07, 6.45) is 2.34. The molecule has 1 aromatic heterocycles. The van der Waals surface area contributed by atoms with Crippen LogP contribution in [-0.4, -0.2) is 38.5 Å². The number of rotatable bonds is 3. The molecule has 0 saturated carbocycles. The number of carbonyl (C=O) groups is 2. The Labute approximate surface area is 169 Å². The summed E-state index contributed by atoms with van der Waals surface area (Å²) < 4.78 is 0.962. The number of urea groups is 1. The Morgan fingerprint density at radius 3 is 2.54 bits per heavy atom. The van der Waals surface area contributed by atoms with Crippen molar-refractivity contribution in [3.8, 4) is 0 Å². The smallest absolute Gasteiger partial charge is 0.335 e. The van der Waals surface area contributed by atoms with Gasteiger partial charge in [0.1, 0.15) is 6.04 Å². The summed E-state index contributed by atoms with van der Waals surface area (Å²) in [5, 5.41) is 11.9. The van der Waals surface area contributed by atoms with Gasteiger partial charge in [-0.1, -0.05) is 28.1 Å². The molecule has 0 spiro atoms. The van der Waals surface area contributed by atoms with Crippen molar-refractivity contribution >= 4 is 33.6 Å². The molecule has 0 radical (unpaired) electrons. The molecule has 0 fully saturated rings. The molecule has 4 rings (SSSR count). The molecule has 1 aliphatic heterocycles. The molecule has 3 N–H and O–H groups in total. The number of H-pyrrole nitrogens is 1. The molecule has 2 amide bonds. The third kappa shape index (κ3) is 3.50. The standard InChI is InChI=1S/C20H17BrN4O3/c21-14-5-1-12(2-6-14)18-17-16(22-11-23-17)9-10-25(18)20(28)24-15-7-3-13(4-8-15)19(26)27/h1-8,11,18H,9-10H2,(H,22,23)(H,24,28)(H,26,27)/t18-/m1/s1. The molecule has 8 heteroatoms. The molecule has 2 heterocycles. The van der Waals surface area contributed by atoms with Crippen molar-refractivity contribution in [2.24, 2.45) is 0 Å². The average Bonchev–Trinajstić information content (AvgIpc) is 3.17. The van der Waals surface area contributed by atoms with Crippen molar-refractivity contribution < 1.29 is 14.7 Å². The molecule has 0 aliphatic carbocycles. The molecule has 0 unspecified atom stereocenters. The van der Waals surface area contributed by atoms with E-state index in [1.165, 1.54) is 12.1 Å². The van der Waals surface area contributed by atoms with Crippen LogP contribution in [0.2, 0.25) is 0 Å². The van der Waals surface area contributed by atoms with E-state index < -0.39 is 5.97 Å². The highest BCUT2D eigenvalue weighted by Gasteiger charge is 2.34. The van der Waals surface area contributed by atoms with Gasteiger partial charge in [-0.15, -0.1) is 0 Å². The lowest BCUT2D eigenvalue weighted by molar-refractivity contribution is 0.0697. The summed E-state index contributed by atoms with van der Waals surface area (Å²) in [6, 6.07) is 13.4. The van der Waals surface area contributed by atoms with Gasteiger partial charge in [-0.3, -0.25) is 0 Å². The number of carboxylic acids is 1. The molecule has 28 heavy (non-hydrogen) atoms. The Kier molecular flexibility index (Phi) is 4.87. The second-order valence-corrected chi connectivity index (χ2v) is 7.39. The van der Waals surface area contributed by atoms with Crippen molar-refractivity contribution in [3.05, 3.63) is 81.8 Å². The first-order chi connectivity index (χ1) is 13.5. The van der Waals surface area contributed by atoms with Crippen LogP contribution in [-0.2, 0) is 6.42 Å². The van der Waals surface area contributed by atoms with Gasteiger partial charge in [0.2, 0.25) is 0 Å².